The fourth-order valence-corrected chi connectivity index (χ4v) is 4.22. The van der Waals surface area contributed by atoms with Crippen LogP contribution in [0.2, 0.25) is 0 Å². The van der Waals surface area contributed by atoms with Gasteiger partial charge in [-0.25, -0.2) is 9.97 Å². The zero-order valence-electron chi connectivity index (χ0n) is 13.1. The Bertz CT molecular complexity index is 638. The van der Waals surface area contributed by atoms with Gasteiger partial charge in [-0.3, -0.25) is 4.90 Å². The van der Waals surface area contributed by atoms with Crippen molar-refractivity contribution in [1.29, 1.82) is 0 Å². The molecule has 124 valence electrons. The Balaban J connectivity index is 1.49. The molecule has 4 heterocycles. The molecule has 0 radical (unpaired) electrons. The van der Waals surface area contributed by atoms with E-state index in [1.165, 1.54) is 0 Å². The number of fused-ring (bicyclic) bond motifs is 1. The van der Waals surface area contributed by atoms with E-state index >= 15 is 0 Å². The van der Waals surface area contributed by atoms with E-state index in [0.717, 1.165) is 68.5 Å². The number of anilines is 1. The molecule has 0 bridgehead atoms. The predicted octanol–water partition coefficient (Wildman–Crippen LogP) is 1.84. The van der Waals surface area contributed by atoms with Crippen LogP contribution in [0.3, 0.4) is 0 Å². The van der Waals surface area contributed by atoms with Crippen LogP contribution in [0.1, 0.15) is 6.42 Å². The lowest BCUT2D eigenvalue weighted by Gasteiger charge is -2.37. The maximum absolute atomic E-state index is 5.63. The standard InChI is InChI=1S/C16H22N4O2S/c1-5-22-10-12(1)14(20-3-6-21-7-4-20)9-17-15-13-2-8-23-16(13)19-11-18-15/h2,8,11-12,14H,1,3-7,9-10H2,(H,17,18,19)/t12-,14-/m1/s1. The molecule has 4 rings (SSSR count). The summed E-state index contributed by atoms with van der Waals surface area (Å²) in [6.45, 7) is 6.28. The molecule has 0 saturated carbocycles. The van der Waals surface area contributed by atoms with Gasteiger partial charge in [0.25, 0.3) is 0 Å². The van der Waals surface area contributed by atoms with Crippen LogP contribution in [0.25, 0.3) is 10.2 Å². The monoisotopic (exact) mass is 334 g/mol. The van der Waals surface area contributed by atoms with Gasteiger partial charge < -0.3 is 14.8 Å². The summed E-state index contributed by atoms with van der Waals surface area (Å²) in [5, 5.41) is 6.74. The molecular formula is C16H22N4O2S. The average Bonchev–Trinajstić information content (AvgIpc) is 3.28. The minimum Gasteiger partial charge on any atom is -0.381 e. The maximum atomic E-state index is 5.63. The molecule has 0 spiro atoms. The van der Waals surface area contributed by atoms with Crippen LogP contribution in [0.15, 0.2) is 17.8 Å². The summed E-state index contributed by atoms with van der Waals surface area (Å²) in [6.07, 6.45) is 2.78. The Kier molecular flexibility index (Phi) is 4.70. The molecule has 7 heteroatoms. The van der Waals surface area contributed by atoms with E-state index in [1.54, 1.807) is 17.7 Å². The minimum atomic E-state index is 0.463. The van der Waals surface area contributed by atoms with Gasteiger partial charge in [-0.2, -0.15) is 0 Å². The van der Waals surface area contributed by atoms with Crippen molar-refractivity contribution in [2.24, 2.45) is 5.92 Å². The number of hydrogen-bond acceptors (Lipinski definition) is 7. The smallest absolute Gasteiger partial charge is 0.138 e. The molecule has 2 atom stereocenters. The molecule has 0 amide bonds. The van der Waals surface area contributed by atoms with Gasteiger partial charge >= 0.3 is 0 Å². The summed E-state index contributed by atoms with van der Waals surface area (Å²) < 4.78 is 11.1. The van der Waals surface area contributed by atoms with Crippen molar-refractivity contribution in [1.82, 2.24) is 14.9 Å². The van der Waals surface area contributed by atoms with Crippen molar-refractivity contribution in [2.45, 2.75) is 12.5 Å². The number of nitrogens with zero attached hydrogens (tertiary/aromatic N) is 3. The number of hydrogen-bond donors (Lipinski definition) is 1. The third-order valence-corrected chi connectivity index (χ3v) is 5.58. The largest absolute Gasteiger partial charge is 0.381 e. The van der Waals surface area contributed by atoms with Gasteiger partial charge in [0.1, 0.15) is 17.0 Å². The number of morpholine rings is 1. The second-order valence-electron chi connectivity index (χ2n) is 6.08. The van der Waals surface area contributed by atoms with Crippen LogP contribution in [0, 0.1) is 5.92 Å². The van der Waals surface area contributed by atoms with E-state index in [0.29, 0.717) is 12.0 Å². The Labute approximate surface area is 139 Å². The molecule has 1 N–H and O–H groups in total. The minimum absolute atomic E-state index is 0.463. The fourth-order valence-electron chi connectivity index (χ4n) is 3.49. The Morgan fingerprint density at radius 2 is 2.17 bits per heavy atom. The normalized spacial score (nSPS) is 24.1. The van der Waals surface area contributed by atoms with Crippen LogP contribution in [-0.4, -0.2) is 67.0 Å². The highest BCUT2D eigenvalue weighted by atomic mass is 32.1. The third kappa shape index (κ3) is 3.33. The fraction of sp³-hybridized carbons (Fsp3) is 0.625. The second-order valence-corrected chi connectivity index (χ2v) is 6.98. The van der Waals surface area contributed by atoms with Gasteiger partial charge in [-0.1, -0.05) is 0 Å². The first-order valence-electron chi connectivity index (χ1n) is 8.23. The highest BCUT2D eigenvalue weighted by Crippen LogP contribution is 2.26. The molecular weight excluding hydrogens is 312 g/mol. The van der Waals surface area contributed by atoms with Crippen LogP contribution < -0.4 is 5.32 Å². The summed E-state index contributed by atoms with van der Waals surface area (Å²) in [5.41, 5.74) is 0. The Hall–Kier alpha value is -1.28. The zero-order valence-corrected chi connectivity index (χ0v) is 13.9. The van der Waals surface area contributed by atoms with Crippen molar-refractivity contribution in [3.05, 3.63) is 17.8 Å². The first-order chi connectivity index (χ1) is 11.4. The number of nitrogens with one attached hydrogen (secondary N) is 1. The lowest BCUT2D eigenvalue weighted by atomic mass is 9.97. The first kappa shape index (κ1) is 15.3. The summed E-state index contributed by atoms with van der Waals surface area (Å²) >= 11 is 1.65. The lowest BCUT2D eigenvalue weighted by Crippen LogP contribution is -2.50. The first-order valence-corrected chi connectivity index (χ1v) is 9.11. The van der Waals surface area contributed by atoms with Gasteiger partial charge in [0.15, 0.2) is 0 Å². The lowest BCUT2D eigenvalue weighted by molar-refractivity contribution is 0.00460. The van der Waals surface area contributed by atoms with Crippen molar-refractivity contribution >= 4 is 27.4 Å². The Morgan fingerprint density at radius 1 is 1.26 bits per heavy atom. The molecule has 2 aliphatic rings. The molecule has 0 aliphatic carbocycles. The van der Waals surface area contributed by atoms with Crippen LogP contribution in [0.5, 0.6) is 0 Å². The van der Waals surface area contributed by atoms with E-state index in [9.17, 15) is 0 Å². The van der Waals surface area contributed by atoms with E-state index in [-0.39, 0.29) is 0 Å². The number of rotatable bonds is 5. The van der Waals surface area contributed by atoms with Crippen molar-refractivity contribution in [3.63, 3.8) is 0 Å². The van der Waals surface area contributed by atoms with Gasteiger partial charge in [-0.05, 0) is 17.9 Å². The van der Waals surface area contributed by atoms with E-state index in [4.69, 9.17) is 9.47 Å². The van der Waals surface area contributed by atoms with Gasteiger partial charge in [-0.15, -0.1) is 11.3 Å². The van der Waals surface area contributed by atoms with Crippen LogP contribution in [0.4, 0.5) is 5.82 Å². The molecule has 23 heavy (non-hydrogen) atoms. The van der Waals surface area contributed by atoms with E-state index < -0.39 is 0 Å². The van der Waals surface area contributed by atoms with E-state index in [1.807, 2.05) is 0 Å². The summed E-state index contributed by atoms with van der Waals surface area (Å²) in [6, 6.07) is 2.55. The molecule has 2 aromatic rings. The van der Waals surface area contributed by atoms with E-state index in [2.05, 4.69) is 31.6 Å². The molecule has 6 nitrogen and oxygen atoms in total. The highest BCUT2D eigenvalue weighted by Gasteiger charge is 2.31. The van der Waals surface area contributed by atoms with Crippen molar-refractivity contribution in [3.8, 4) is 0 Å². The molecule has 0 aromatic carbocycles. The summed E-state index contributed by atoms with van der Waals surface area (Å²) in [7, 11) is 0. The average molecular weight is 334 g/mol. The number of thiophene rings is 1. The number of ether oxygens (including phenoxy) is 2. The molecule has 2 aliphatic heterocycles. The third-order valence-electron chi connectivity index (χ3n) is 4.76. The SMILES string of the molecule is c1nc(NC[C@H]([C@@H]2CCOC2)N2CCOCC2)c2ccsc2n1. The predicted molar refractivity (Wildman–Crippen MR) is 91.0 cm³/mol. The maximum Gasteiger partial charge on any atom is 0.138 e. The zero-order chi connectivity index (χ0) is 15.5. The number of aromatic nitrogens is 2. The molecule has 2 saturated heterocycles. The van der Waals surface area contributed by atoms with Crippen molar-refractivity contribution in [2.75, 3.05) is 51.4 Å². The molecule has 0 unspecified atom stereocenters. The summed E-state index contributed by atoms with van der Waals surface area (Å²) in [4.78, 5) is 12.3. The second kappa shape index (κ2) is 7.09. The Morgan fingerprint density at radius 3 is 3.00 bits per heavy atom. The van der Waals surface area contributed by atoms with Gasteiger partial charge in [0.2, 0.25) is 0 Å². The highest BCUT2D eigenvalue weighted by molar-refractivity contribution is 7.16. The summed E-state index contributed by atoms with van der Waals surface area (Å²) in [5.74, 6) is 1.52. The molecule has 2 aromatic heterocycles. The van der Waals surface area contributed by atoms with Gasteiger partial charge in [0.05, 0.1) is 25.2 Å². The quantitative estimate of drug-likeness (QED) is 0.900. The van der Waals surface area contributed by atoms with Crippen molar-refractivity contribution < 1.29 is 9.47 Å². The molecule has 2 fully saturated rings. The van der Waals surface area contributed by atoms with Gasteiger partial charge in [0, 0.05) is 38.2 Å². The topological polar surface area (TPSA) is 59.5 Å². The van der Waals surface area contributed by atoms with Crippen LogP contribution >= 0.6 is 11.3 Å². The van der Waals surface area contributed by atoms with Crippen LogP contribution in [-0.2, 0) is 9.47 Å².